The lowest BCUT2D eigenvalue weighted by Crippen LogP contribution is -2.23. The van der Waals surface area contributed by atoms with Crippen LogP contribution in [0.1, 0.15) is 38.2 Å². The standard InChI is InChI=1S/C14H18N2O/c1-10-5-7-12(8-6-10)17-13-4-2-3-11(9-15)14(13)16/h2-4,10,12H,5-8,16H2,1H3. The number of hydrogen-bond donors (Lipinski definition) is 1. The molecule has 17 heavy (non-hydrogen) atoms. The van der Waals surface area contributed by atoms with Crippen molar-refractivity contribution >= 4 is 5.69 Å². The van der Waals surface area contributed by atoms with E-state index >= 15 is 0 Å². The van der Waals surface area contributed by atoms with Crippen molar-refractivity contribution in [1.29, 1.82) is 5.26 Å². The second-order valence-corrected chi connectivity index (χ2v) is 4.83. The molecular weight excluding hydrogens is 212 g/mol. The number of nitrogens with two attached hydrogens (primary N) is 1. The predicted molar refractivity (Wildman–Crippen MR) is 67.6 cm³/mol. The van der Waals surface area contributed by atoms with Gasteiger partial charge < -0.3 is 10.5 Å². The van der Waals surface area contributed by atoms with E-state index in [0.717, 1.165) is 18.8 Å². The number of nitriles is 1. The highest BCUT2D eigenvalue weighted by Crippen LogP contribution is 2.31. The van der Waals surface area contributed by atoms with Crippen LogP contribution in [0.15, 0.2) is 18.2 Å². The molecule has 0 radical (unpaired) electrons. The second kappa shape index (κ2) is 5.09. The van der Waals surface area contributed by atoms with Crippen LogP contribution in [0, 0.1) is 17.2 Å². The van der Waals surface area contributed by atoms with Gasteiger partial charge in [-0.25, -0.2) is 0 Å². The highest BCUT2D eigenvalue weighted by atomic mass is 16.5. The van der Waals surface area contributed by atoms with Gasteiger partial charge in [0, 0.05) is 0 Å². The molecule has 0 aromatic heterocycles. The van der Waals surface area contributed by atoms with Gasteiger partial charge in [0.25, 0.3) is 0 Å². The number of anilines is 1. The Kier molecular flexibility index (Phi) is 3.53. The van der Waals surface area contributed by atoms with Gasteiger partial charge in [0.15, 0.2) is 0 Å². The average Bonchev–Trinajstić information content (AvgIpc) is 2.35. The molecule has 0 unspecified atom stereocenters. The first-order chi connectivity index (χ1) is 8.20. The van der Waals surface area contributed by atoms with Crippen LogP contribution in [0.25, 0.3) is 0 Å². The first-order valence-electron chi connectivity index (χ1n) is 6.16. The van der Waals surface area contributed by atoms with Gasteiger partial charge in [-0.05, 0) is 43.7 Å². The van der Waals surface area contributed by atoms with Crippen molar-refractivity contribution in [1.82, 2.24) is 0 Å². The molecule has 0 bridgehead atoms. The zero-order valence-corrected chi connectivity index (χ0v) is 10.1. The Morgan fingerprint density at radius 3 is 2.65 bits per heavy atom. The number of hydrogen-bond acceptors (Lipinski definition) is 3. The largest absolute Gasteiger partial charge is 0.488 e. The predicted octanol–water partition coefficient (Wildman–Crippen LogP) is 3.10. The molecule has 0 amide bonds. The van der Waals surface area contributed by atoms with E-state index in [1.54, 1.807) is 6.07 Å². The Hall–Kier alpha value is -1.69. The minimum atomic E-state index is 0.252. The smallest absolute Gasteiger partial charge is 0.143 e. The van der Waals surface area contributed by atoms with Gasteiger partial charge in [0.1, 0.15) is 11.8 Å². The van der Waals surface area contributed by atoms with Crippen LogP contribution < -0.4 is 10.5 Å². The Balaban J connectivity index is 2.06. The molecule has 1 aromatic carbocycles. The van der Waals surface area contributed by atoms with Crippen molar-refractivity contribution in [2.24, 2.45) is 5.92 Å². The first-order valence-corrected chi connectivity index (χ1v) is 6.16. The number of benzene rings is 1. The first kappa shape index (κ1) is 11.8. The molecule has 0 atom stereocenters. The molecule has 2 N–H and O–H groups in total. The molecule has 1 aliphatic rings. The summed E-state index contributed by atoms with van der Waals surface area (Å²) in [5.74, 6) is 1.46. The molecule has 2 rings (SSSR count). The lowest BCUT2D eigenvalue weighted by atomic mass is 9.89. The van der Waals surface area contributed by atoms with Crippen molar-refractivity contribution in [3.05, 3.63) is 23.8 Å². The zero-order valence-electron chi connectivity index (χ0n) is 10.1. The Bertz CT molecular complexity index is 428. The minimum Gasteiger partial charge on any atom is -0.488 e. The topological polar surface area (TPSA) is 59.0 Å². The third-order valence-electron chi connectivity index (χ3n) is 3.44. The van der Waals surface area contributed by atoms with Crippen LogP contribution in [0.5, 0.6) is 5.75 Å². The quantitative estimate of drug-likeness (QED) is 0.794. The molecule has 0 aliphatic heterocycles. The van der Waals surface area contributed by atoms with Gasteiger partial charge in [0.05, 0.1) is 17.4 Å². The summed E-state index contributed by atoms with van der Waals surface area (Å²) in [5, 5.41) is 8.90. The van der Waals surface area contributed by atoms with E-state index in [1.165, 1.54) is 12.8 Å². The fourth-order valence-electron chi connectivity index (χ4n) is 2.27. The SMILES string of the molecule is CC1CCC(Oc2cccc(C#N)c2N)CC1. The normalized spacial score (nSPS) is 24.0. The molecule has 0 spiro atoms. The van der Waals surface area contributed by atoms with Gasteiger partial charge >= 0.3 is 0 Å². The van der Waals surface area contributed by atoms with Gasteiger partial charge in [0.2, 0.25) is 0 Å². The maximum absolute atomic E-state index is 8.90. The maximum Gasteiger partial charge on any atom is 0.143 e. The Morgan fingerprint density at radius 1 is 1.29 bits per heavy atom. The van der Waals surface area contributed by atoms with Crippen molar-refractivity contribution in [3.63, 3.8) is 0 Å². The van der Waals surface area contributed by atoms with Gasteiger partial charge in [-0.2, -0.15) is 5.26 Å². The van der Waals surface area contributed by atoms with E-state index in [0.29, 0.717) is 17.0 Å². The van der Waals surface area contributed by atoms with Crippen molar-refractivity contribution in [2.45, 2.75) is 38.7 Å². The average molecular weight is 230 g/mol. The summed E-state index contributed by atoms with van der Waals surface area (Å²) in [6.07, 6.45) is 4.84. The van der Waals surface area contributed by atoms with Crippen LogP contribution in [-0.2, 0) is 0 Å². The van der Waals surface area contributed by atoms with E-state index < -0.39 is 0 Å². The van der Waals surface area contributed by atoms with Crippen molar-refractivity contribution in [2.75, 3.05) is 5.73 Å². The van der Waals surface area contributed by atoms with Crippen molar-refractivity contribution < 1.29 is 4.74 Å². The van der Waals surface area contributed by atoms with Crippen LogP contribution in [0.3, 0.4) is 0 Å². The third kappa shape index (κ3) is 2.71. The number of nitrogens with zero attached hydrogens (tertiary/aromatic N) is 1. The molecule has 1 aromatic rings. The molecule has 1 aliphatic carbocycles. The summed E-state index contributed by atoms with van der Waals surface area (Å²) in [4.78, 5) is 0. The fraction of sp³-hybridized carbons (Fsp3) is 0.500. The van der Waals surface area contributed by atoms with Gasteiger partial charge in [-0.1, -0.05) is 13.0 Å². The lowest BCUT2D eigenvalue weighted by molar-refractivity contribution is 0.136. The lowest BCUT2D eigenvalue weighted by Gasteiger charge is -2.27. The molecule has 1 fully saturated rings. The van der Waals surface area contributed by atoms with Gasteiger partial charge in [-0.15, -0.1) is 0 Å². The summed E-state index contributed by atoms with van der Waals surface area (Å²) in [5.41, 5.74) is 6.85. The number of ether oxygens (including phenoxy) is 1. The Morgan fingerprint density at radius 2 is 2.00 bits per heavy atom. The number of nitrogen functional groups attached to an aromatic ring is 1. The molecule has 3 heteroatoms. The van der Waals surface area contributed by atoms with E-state index in [1.807, 2.05) is 12.1 Å². The minimum absolute atomic E-state index is 0.252. The molecule has 1 saturated carbocycles. The highest BCUT2D eigenvalue weighted by Gasteiger charge is 2.20. The van der Waals surface area contributed by atoms with E-state index in [9.17, 15) is 0 Å². The summed E-state index contributed by atoms with van der Waals surface area (Å²) < 4.78 is 5.90. The molecule has 0 saturated heterocycles. The summed E-state index contributed by atoms with van der Waals surface area (Å²) in [7, 11) is 0. The molecule has 0 heterocycles. The molecule has 90 valence electrons. The second-order valence-electron chi connectivity index (χ2n) is 4.83. The fourth-order valence-corrected chi connectivity index (χ4v) is 2.27. The van der Waals surface area contributed by atoms with Crippen LogP contribution in [-0.4, -0.2) is 6.10 Å². The zero-order chi connectivity index (χ0) is 12.3. The van der Waals surface area contributed by atoms with Crippen LogP contribution in [0.2, 0.25) is 0 Å². The van der Waals surface area contributed by atoms with E-state index in [2.05, 4.69) is 13.0 Å². The highest BCUT2D eigenvalue weighted by molar-refractivity contribution is 5.63. The number of para-hydroxylation sites is 1. The van der Waals surface area contributed by atoms with E-state index in [4.69, 9.17) is 15.7 Å². The monoisotopic (exact) mass is 230 g/mol. The third-order valence-corrected chi connectivity index (χ3v) is 3.44. The van der Waals surface area contributed by atoms with Gasteiger partial charge in [-0.3, -0.25) is 0 Å². The van der Waals surface area contributed by atoms with Crippen molar-refractivity contribution in [3.8, 4) is 11.8 Å². The van der Waals surface area contributed by atoms with Crippen LogP contribution in [0.4, 0.5) is 5.69 Å². The summed E-state index contributed by atoms with van der Waals surface area (Å²) in [6, 6.07) is 7.45. The Labute approximate surface area is 102 Å². The van der Waals surface area contributed by atoms with Crippen LogP contribution >= 0.6 is 0 Å². The molecule has 3 nitrogen and oxygen atoms in total. The molecular formula is C14H18N2O. The maximum atomic E-state index is 8.90. The summed E-state index contributed by atoms with van der Waals surface area (Å²) >= 11 is 0. The van der Waals surface area contributed by atoms with E-state index in [-0.39, 0.29) is 6.10 Å². The summed E-state index contributed by atoms with van der Waals surface area (Å²) in [6.45, 7) is 2.28. The number of rotatable bonds is 2.